The molecule has 0 atom stereocenters. The van der Waals surface area contributed by atoms with Crippen LogP contribution in [0.4, 0.5) is 0 Å². The molecule has 6 nitrogen and oxygen atoms in total. The molecule has 0 aliphatic carbocycles. The van der Waals surface area contributed by atoms with Gasteiger partial charge in [-0.2, -0.15) is 10.2 Å². The van der Waals surface area contributed by atoms with Crippen LogP contribution in [0.1, 0.15) is 0 Å². The zero-order valence-corrected chi connectivity index (χ0v) is 13.0. The lowest BCUT2D eigenvalue weighted by Gasteiger charge is -2.02. The molecule has 6 heteroatoms. The highest BCUT2D eigenvalue weighted by molar-refractivity contribution is 5.53. The predicted octanol–water partition coefficient (Wildman–Crippen LogP) is 2.90. The van der Waals surface area contributed by atoms with Crippen LogP contribution in [-0.2, 0) is 13.1 Å². The predicted molar refractivity (Wildman–Crippen MR) is 90.9 cm³/mol. The number of rotatable bonds is 5. The van der Waals surface area contributed by atoms with Gasteiger partial charge in [-0.15, -0.1) is 0 Å². The van der Waals surface area contributed by atoms with Crippen LogP contribution in [0.2, 0.25) is 0 Å². The molecule has 0 saturated carbocycles. The summed E-state index contributed by atoms with van der Waals surface area (Å²) in [5.74, 6) is 0. The Morgan fingerprint density at radius 1 is 0.583 bits per heavy atom. The lowest BCUT2D eigenvalue weighted by atomic mass is 10.3. The van der Waals surface area contributed by atoms with Crippen LogP contribution in [0.5, 0.6) is 0 Å². The summed E-state index contributed by atoms with van der Waals surface area (Å²) in [5, 5.41) is 9.12. The molecule has 0 fully saturated rings. The summed E-state index contributed by atoms with van der Waals surface area (Å²) in [6.45, 7) is 1.49. The van der Waals surface area contributed by atoms with Crippen molar-refractivity contribution in [1.82, 2.24) is 29.5 Å². The van der Waals surface area contributed by atoms with Crippen molar-refractivity contribution in [3.63, 3.8) is 0 Å². The lowest BCUT2D eigenvalue weighted by molar-refractivity contribution is 0.501. The highest BCUT2D eigenvalue weighted by Gasteiger charge is 2.05. The molecule has 4 rings (SSSR count). The van der Waals surface area contributed by atoms with Gasteiger partial charge in [-0.3, -0.25) is 19.3 Å². The molecule has 0 saturated heterocycles. The van der Waals surface area contributed by atoms with E-state index in [0.29, 0.717) is 0 Å². The Hall–Kier alpha value is -3.28. The fraction of sp³-hybridized carbons (Fsp3) is 0.111. The standard InChI is InChI=1S/C18H16N6/c1-3-9-19-15(5-1)17-7-11-23(21-17)13-14-24-12-8-18(22-24)16-6-2-4-10-20-16/h1-12H,13-14H2. The lowest BCUT2D eigenvalue weighted by Crippen LogP contribution is -2.08. The monoisotopic (exact) mass is 316 g/mol. The van der Waals surface area contributed by atoms with Gasteiger partial charge in [-0.25, -0.2) is 0 Å². The number of hydrogen-bond donors (Lipinski definition) is 0. The highest BCUT2D eigenvalue weighted by Crippen LogP contribution is 2.14. The van der Waals surface area contributed by atoms with Crippen molar-refractivity contribution in [3.05, 3.63) is 73.3 Å². The molecule has 0 amide bonds. The van der Waals surface area contributed by atoms with Gasteiger partial charge in [0.1, 0.15) is 11.4 Å². The van der Waals surface area contributed by atoms with Crippen LogP contribution in [0.3, 0.4) is 0 Å². The molecule has 4 heterocycles. The zero-order valence-electron chi connectivity index (χ0n) is 13.0. The van der Waals surface area contributed by atoms with Gasteiger partial charge in [0.05, 0.1) is 24.5 Å². The first-order valence-electron chi connectivity index (χ1n) is 7.78. The van der Waals surface area contributed by atoms with Crippen LogP contribution < -0.4 is 0 Å². The van der Waals surface area contributed by atoms with Gasteiger partial charge < -0.3 is 0 Å². The van der Waals surface area contributed by atoms with Crippen molar-refractivity contribution < 1.29 is 0 Å². The Kier molecular flexibility index (Phi) is 3.85. The van der Waals surface area contributed by atoms with Gasteiger partial charge >= 0.3 is 0 Å². The Balaban J connectivity index is 1.43. The second kappa shape index (κ2) is 6.45. The molecule has 0 aliphatic rings. The molecular formula is C18H16N6. The van der Waals surface area contributed by atoms with E-state index in [1.54, 1.807) is 12.4 Å². The first kappa shape index (κ1) is 14.3. The maximum absolute atomic E-state index is 4.56. The van der Waals surface area contributed by atoms with Gasteiger partial charge in [0.25, 0.3) is 0 Å². The molecule has 0 aromatic carbocycles. The van der Waals surface area contributed by atoms with E-state index in [0.717, 1.165) is 35.9 Å². The molecule has 0 N–H and O–H groups in total. The Labute approximate surface area is 139 Å². The number of hydrogen-bond acceptors (Lipinski definition) is 4. The van der Waals surface area contributed by atoms with Crippen molar-refractivity contribution in [1.29, 1.82) is 0 Å². The average molecular weight is 316 g/mol. The topological polar surface area (TPSA) is 61.4 Å². The first-order chi connectivity index (χ1) is 11.9. The Morgan fingerprint density at radius 3 is 1.50 bits per heavy atom. The van der Waals surface area contributed by atoms with Gasteiger partial charge in [-0.05, 0) is 36.4 Å². The summed E-state index contributed by atoms with van der Waals surface area (Å²) in [7, 11) is 0. The molecule has 0 spiro atoms. The third-order valence-corrected chi connectivity index (χ3v) is 3.69. The Morgan fingerprint density at radius 2 is 1.08 bits per heavy atom. The molecule has 4 aromatic heterocycles. The molecule has 0 radical (unpaired) electrons. The molecule has 0 unspecified atom stereocenters. The van der Waals surface area contributed by atoms with Crippen LogP contribution >= 0.6 is 0 Å². The number of aryl methyl sites for hydroxylation is 2. The van der Waals surface area contributed by atoms with E-state index in [1.807, 2.05) is 70.3 Å². The maximum atomic E-state index is 4.56. The second-order valence-electron chi connectivity index (χ2n) is 5.36. The van der Waals surface area contributed by atoms with Crippen molar-refractivity contribution in [3.8, 4) is 22.8 Å². The number of aromatic nitrogens is 6. The fourth-order valence-electron chi connectivity index (χ4n) is 2.48. The third kappa shape index (κ3) is 3.08. The third-order valence-electron chi connectivity index (χ3n) is 3.69. The molecular weight excluding hydrogens is 300 g/mol. The molecule has 0 bridgehead atoms. The van der Waals surface area contributed by atoms with E-state index >= 15 is 0 Å². The summed E-state index contributed by atoms with van der Waals surface area (Å²) in [6.07, 6.45) is 7.48. The van der Waals surface area contributed by atoms with Crippen LogP contribution in [-0.4, -0.2) is 29.5 Å². The smallest absolute Gasteiger partial charge is 0.111 e. The summed E-state index contributed by atoms with van der Waals surface area (Å²) in [5.41, 5.74) is 3.52. The average Bonchev–Trinajstić information content (AvgIpc) is 3.31. The van der Waals surface area contributed by atoms with E-state index in [1.165, 1.54) is 0 Å². The Bertz CT molecular complexity index is 833. The molecule has 118 valence electrons. The molecule has 4 aromatic rings. The maximum Gasteiger partial charge on any atom is 0.111 e. The molecule has 0 aliphatic heterocycles. The first-order valence-corrected chi connectivity index (χ1v) is 7.78. The van der Waals surface area contributed by atoms with Crippen LogP contribution in [0, 0.1) is 0 Å². The minimum absolute atomic E-state index is 0.746. The summed E-state index contributed by atoms with van der Waals surface area (Å²) < 4.78 is 3.82. The van der Waals surface area contributed by atoms with E-state index < -0.39 is 0 Å². The summed E-state index contributed by atoms with van der Waals surface area (Å²) >= 11 is 0. The van der Waals surface area contributed by atoms with Gasteiger partial charge in [0, 0.05) is 24.8 Å². The minimum atomic E-state index is 0.746. The van der Waals surface area contributed by atoms with E-state index in [2.05, 4.69) is 20.2 Å². The minimum Gasteiger partial charge on any atom is -0.270 e. The zero-order chi connectivity index (χ0) is 16.2. The van der Waals surface area contributed by atoms with E-state index in [9.17, 15) is 0 Å². The van der Waals surface area contributed by atoms with Crippen molar-refractivity contribution in [2.75, 3.05) is 0 Å². The fourth-order valence-corrected chi connectivity index (χ4v) is 2.48. The largest absolute Gasteiger partial charge is 0.270 e. The van der Waals surface area contributed by atoms with Crippen LogP contribution in [0.15, 0.2) is 73.3 Å². The van der Waals surface area contributed by atoms with Crippen molar-refractivity contribution >= 4 is 0 Å². The number of nitrogens with zero attached hydrogens (tertiary/aromatic N) is 6. The molecule has 24 heavy (non-hydrogen) atoms. The van der Waals surface area contributed by atoms with Crippen molar-refractivity contribution in [2.24, 2.45) is 0 Å². The van der Waals surface area contributed by atoms with Gasteiger partial charge in [-0.1, -0.05) is 12.1 Å². The highest BCUT2D eigenvalue weighted by atomic mass is 15.3. The normalized spacial score (nSPS) is 10.8. The van der Waals surface area contributed by atoms with E-state index in [4.69, 9.17) is 0 Å². The van der Waals surface area contributed by atoms with Crippen molar-refractivity contribution in [2.45, 2.75) is 13.1 Å². The quantitative estimate of drug-likeness (QED) is 0.568. The second-order valence-corrected chi connectivity index (χ2v) is 5.36. The van der Waals surface area contributed by atoms with Gasteiger partial charge in [0.2, 0.25) is 0 Å². The van der Waals surface area contributed by atoms with Gasteiger partial charge in [0.15, 0.2) is 0 Å². The number of pyridine rings is 2. The van der Waals surface area contributed by atoms with Crippen LogP contribution in [0.25, 0.3) is 22.8 Å². The SMILES string of the molecule is c1ccc(-c2ccn(CCn3ccc(-c4ccccn4)n3)n2)nc1. The summed E-state index contributed by atoms with van der Waals surface area (Å²) in [6, 6.07) is 15.6. The summed E-state index contributed by atoms with van der Waals surface area (Å²) in [4.78, 5) is 8.63. The van der Waals surface area contributed by atoms with E-state index in [-0.39, 0.29) is 0 Å².